The summed E-state index contributed by atoms with van der Waals surface area (Å²) in [5, 5.41) is 34.1. The van der Waals surface area contributed by atoms with Crippen molar-refractivity contribution in [1.29, 1.82) is 0 Å². The largest absolute Gasteiger partial charge is 0.458 e. The second-order valence-corrected chi connectivity index (χ2v) is 12.6. The first kappa shape index (κ1) is 24.7. The summed E-state index contributed by atoms with van der Waals surface area (Å²) in [6, 6.07) is 9.50. The Morgan fingerprint density at radius 3 is 2.40 bits per heavy atom. The fourth-order valence-electron chi connectivity index (χ4n) is 8.49. The quantitative estimate of drug-likeness (QED) is 0.451. The molecule has 1 aromatic rings. The number of esters is 1. The van der Waals surface area contributed by atoms with E-state index in [1.54, 1.807) is 6.08 Å². The number of rotatable bonds is 3. The molecule has 0 unspecified atom stereocenters. The number of aliphatic hydroxyl groups is 3. The molecule has 190 valence electrons. The minimum Gasteiger partial charge on any atom is -0.458 e. The fourth-order valence-corrected chi connectivity index (χ4v) is 8.49. The lowest BCUT2D eigenvalue weighted by molar-refractivity contribution is -0.296. The number of hydrogen-bond donors (Lipinski definition) is 3. The van der Waals surface area contributed by atoms with Gasteiger partial charge in [-0.05, 0) is 42.7 Å². The van der Waals surface area contributed by atoms with Gasteiger partial charge in [0.1, 0.15) is 11.7 Å². The van der Waals surface area contributed by atoms with Gasteiger partial charge >= 0.3 is 5.97 Å². The number of ether oxygens (including phenoxy) is 1. The first-order valence-corrected chi connectivity index (χ1v) is 12.9. The van der Waals surface area contributed by atoms with E-state index in [0.29, 0.717) is 6.42 Å². The number of carbonyl (C=O) groups is 2. The predicted molar refractivity (Wildman–Crippen MR) is 131 cm³/mol. The van der Waals surface area contributed by atoms with Gasteiger partial charge in [0.15, 0.2) is 5.78 Å². The van der Waals surface area contributed by atoms with E-state index in [1.165, 1.54) is 6.08 Å². The molecule has 0 aliphatic heterocycles. The summed E-state index contributed by atoms with van der Waals surface area (Å²) >= 11 is 0. The van der Waals surface area contributed by atoms with Crippen LogP contribution in [0.4, 0.5) is 0 Å². The molecule has 0 amide bonds. The fraction of sp³-hybridized carbons (Fsp3) is 0.655. The third-order valence-electron chi connectivity index (χ3n) is 10.7. The number of ketones is 1. The molecule has 4 aliphatic carbocycles. The molecule has 4 aliphatic rings. The van der Waals surface area contributed by atoms with Crippen LogP contribution in [-0.2, 0) is 14.3 Å². The molecule has 3 N–H and O–H groups in total. The molecule has 0 aromatic heterocycles. The van der Waals surface area contributed by atoms with Crippen molar-refractivity contribution in [2.45, 2.75) is 77.8 Å². The van der Waals surface area contributed by atoms with Crippen molar-refractivity contribution in [3.05, 3.63) is 42.0 Å². The topological polar surface area (TPSA) is 104 Å². The highest BCUT2D eigenvalue weighted by atomic mass is 16.5. The van der Waals surface area contributed by atoms with Crippen LogP contribution in [0.25, 0.3) is 6.08 Å². The average molecular weight is 483 g/mol. The highest BCUT2D eigenvalue weighted by Gasteiger charge is 2.80. The summed E-state index contributed by atoms with van der Waals surface area (Å²) in [6.45, 7) is 9.73. The van der Waals surface area contributed by atoms with Crippen LogP contribution in [-0.4, -0.2) is 51.0 Å². The van der Waals surface area contributed by atoms with Gasteiger partial charge in [0.25, 0.3) is 0 Å². The highest BCUT2D eigenvalue weighted by molar-refractivity contribution is 5.96. The van der Waals surface area contributed by atoms with Crippen LogP contribution >= 0.6 is 0 Å². The zero-order valence-corrected chi connectivity index (χ0v) is 21.3. The Morgan fingerprint density at radius 2 is 1.74 bits per heavy atom. The van der Waals surface area contributed by atoms with Gasteiger partial charge in [0.05, 0.1) is 12.2 Å². The molecule has 4 saturated carbocycles. The van der Waals surface area contributed by atoms with Crippen LogP contribution in [0.5, 0.6) is 0 Å². The molecule has 6 nitrogen and oxygen atoms in total. The minimum absolute atomic E-state index is 0.122. The van der Waals surface area contributed by atoms with Crippen molar-refractivity contribution in [1.82, 2.24) is 0 Å². The summed E-state index contributed by atoms with van der Waals surface area (Å²) in [5.74, 6) is -2.16. The third kappa shape index (κ3) is 3.06. The van der Waals surface area contributed by atoms with Crippen molar-refractivity contribution < 1.29 is 29.6 Å². The van der Waals surface area contributed by atoms with Crippen LogP contribution in [0.3, 0.4) is 0 Å². The second kappa shape index (κ2) is 7.74. The number of benzene rings is 1. The maximum Gasteiger partial charge on any atom is 0.331 e. The number of carbonyl (C=O) groups excluding carboxylic acids is 2. The van der Waals surface area contributed by atoms with E-state index in [-0.39, 0.29) is 35.4 Å². The predicted octanol–water partition coefficient (Wildman–Crippen LogP) is 3.38. The van der Waals surface area contributed by atoms with Crippen LogP contribution in [0.1, 0.15) is 59.4 Å². The normalized spacial score (nSPS) is 48.0. The third-order valence-corrected chi connectivity index (χ3v) is 10.7. The highest BCUT2D eigenvalue weighted by Crippen LogP contribution is 2.74. The molecule has 6 heteroatoms. The molecule has 4 fully saturated rings. The van der Waals surface area contributed by atoms with Crippen molar-refractivity contribution >= 4 is 17.8 Å². The van der Waals surface area contributed by atoms with Gasteiger partial charge in [-0.3, -0.25) is 4.79 Å². The van der Waals surface area contributed by atoms with Gasteiger partial charge in [-0.2, -0.15) is 0 Å². The van der Waals surface area contributed by atoms with Gasteiger partial charge in [0.2, 0.25) is 0 Å². The maximum atomic E-state index is 14.2. The molecule has 35 heavy (non-hydrogen) atoms. The Kier molecular flexibility index (Phi) is 5.45. The summed E-state index contributed by atoms with van der Waals surface area (Å²) in [6.07, 6.45) is 2.17. The van der Waals surface area contributed by atoms with Crippen LogP contribution in [0.2, 0.25) is 0 Å². The Labute approximate surface area is 207 Å². The summed E-state index contributed by atoms with van der Waals surface area (Å²) in [7, 11) is 0. The van der Waals surface area contributed by atoms with E-state index in [4.69, 9.17) is 4.74 Å². The molecule has 1 aromatic carbocycles. The summed E-state index contributed by atoms with van der Waals surface area (Å²) in [5.41, 5.74) is -3.16. The summed E-state index contributed by atoms with van der Waals surface area (Å²) in [4.78, 5) is 27.1. The Morgan fingerprint density at radius 1 is 1.09 bits per heavy atom. The van der Waals surface area contributed by atoms with Crippen molar-refractivity contribution in [2.75, 3.05) is 0 Å². The lowest BCUT2D eigenvalue weighted by atomic mass is 9.32. The average Bonchev–Trinajstić information content (AvgIpc) is 3.05. The van der Waals surface area contributed by atoms with E-state index in [2.05, 4.69) is 13.8 Å². The van der Waals surface area contributed by atoms with Crippen LogP contribution in [0.15, 0.2) is 36.4 Å². The van der Waals surface area contributed by atoms with Crippen molar-refractivity contribution in [2.24, 2.45) is 39.9 Å². The first-order chi connectivity index (χ1) is 16.3. The molecule has 0 saturated heterocycles. The van der Waals surface area contributed by atoms with E-state index in [1.807, 2.05) is 51.1 Å². The maximum absolute atomic E-state index is 14.2. The number of aliphatic hydroxyl groups excluding tert-OH is 2. The van der Waals surface area contributed by atoms with Crippen molar-refractivity contribution in [3.63, 3.8) is 0 Å². The molecule has 0 spiro atoms. The van der Waals surface area contributed by atoms with E-state index >= 15 is 0 Å². The zero-order valence-electron chi connectivity index (χ0n) is 21.3. The van der Waals surface area contributed by atoms with Gasteiger partial charge in [-0.25, -0.2) is 4.79 Å². The van der Waals surface area contributed by atoms with E-state index in [9.17, 15) is 24.9 Å². The summed E-state index contributed by atoms with van der Waals surface area (Å²) < 4.78 is 6.03. The molecule has 0 heterocycles. The van der Waals surface area contributed by atoms with Gasteiger partial charge in [-0.15, -0.1) is 0 Å². The SMILES string of the molecule is C[C@H]1C[C@]2(O)C(=O)[C@@]3(C)[C@@H]4[C@@H](OC(=O)/C=C/c5ccccc5)C(C)(C)[C@H]4CC[C@@]3(C)[C@H](O)[C@H]2[C@H]1O. The number of Topliss-reactive ketones (excluding diaryl/α,β-unsaturated/α-hetero) is 1. The zero-order chi connectivity index (χ0) is 25.6. The van der Waals surface area contributed by atoms with Gasteiger partial charge in [0, 0.05) is 34.2 Å². The Hall–Kier alpha value is -2.02. The Balaban J connectivity index is 1.49. The van der Waals surface area contributed by atoms with Gasteiger partial charge in [-0.1, -0.05) is 65.0 Å². The van der Waals surface area contributed by atoms with E-state index < -0.39 is 46.6 Å². The minimum atomic E-state index is -1.78. The van der Waals surface area contributed by atoms with E-state index in [0.717, 1.165) is 12.0 Å². The van der Waals surface area contributed by atoms with Crippen molar-refractivity contribution in [3.8, 4) is 0 Å². The molecule has 10 atom stereocenters. The Bertz CT molecular complexity index is 1060. The number of hydrogen-bond acceptors (Lipinski definition) is 6. The lowest BCUT2D eigenvalue weighted by Gasteiger charge is -2.72. The lowest BCUT2D eigenvalue weighted by Crippen LogP contribution is -2.79. The molecule has 0 bridgehead atoms. The molecular formula is C29H38O6. The number of fused-ring (bicyclic) bond motifs is 4. The smallest absolute Gasteiger partial charge is 0.331 e. The van der Waals surface area contributed by atoms with Gasteiger partial charge < -0.3 is 20.1 Å². The van der Waals surface area contributed by atoms with Crippen LogP contribution in [0, 0.1) is 39.9 Å². The molecule has 5 rings (SSSR count). The standard InChI is InChI=1S/C29H38O6/c1-16-15-29(34)21(22(16)31)23(32)27(4)14-13-18-20(28(27,5)25(29)33)24(26(18,2)3)35-19(30)12-11-17-9-7-6-8-10-17/h6-12,16,18,20-24,31-32,34H,13-15H2,1-5H3/b12-11+/t16-,18-,20-,21+,22-,23+,24+,27-,28+,29+/m0/s1. The monoisotopic (exact) mass is 482 g/mol. The molecule has 0 radical (unpaired) electrons. The van der Waals surface area contributed by atoms with Crippen LogP contribution < -0.4 is 0 Å². The second-order valence-electron chi connectivity index (χ2n) is 12.6. The first-order valence-electron chi connectivity index (χ1n) is 12.9. The molecular weight excluding hydrogens is 444 g/mol.